The van der Waals surface area contributed by atoms with Crippen molar-refractivity contribution in [2.45, 2.75) is 6.54 Å². The molecule has 0 radical (unpaired) electrons. The molecule has 120 valence electrons. The van der Waals surface area contributed by atoms with Crippen LogP contribution in [0, 0.1) is 0 Å². The number of carbonyl (C=O) groups is 2. The molecule has 0 unspecified atom stereocenters. The van der Waals surface area contributed by atoms with Gasteiger partial charge in [-0.15, -0.1) is 5.10 Å². The fourth-order valence-corrected chi connectivity index (χ4v) is 2.18. The number of nitrogens with zero attached hydrogens (tertiary/aromatic N) is 3. The number of aromatic nitrogens is 3. The van der Waals surface area contributed by atoms with E-state index in [1.54, 1.807) is 36.4 Å². The molecule has 0 aliphatic rings. The first-order valence-electron chi connectivity index (χ1n) is 7.07. The average molecular weight is 323 g/mol. The van der Waals surface area contributed by atoms with Gasteiger partial charge >= 0.3 is 0 Å². The van der Waals surface area contributed by atoms with E-state index >= 15 is 0 Å². The van der Waals surface area contributed by atoms with Gasteiger partial charge in [-0.25, -0.2) is 4.68 Å². The Balaban J connectivity index is 1.76. The van der Waals surface area contributed by atoms with Crippen LogP contribution in [0.25, 0.3) is 10.9 Å². The highest BCUT2D eigenvalue weighted by molar-refractivity contribution is 5.94. The van der Waals surface area contributed by atoms with E-state index in [4.69, 9.17) is 5.73 Å². The van der Waals surface area contributed by atoms with Crippen LogP contribution in [0.4, 0.5) is 5.69 Å². The van der Waals surface area contributed by atoms with Gasteiger partial charge in [-0.05, 0) is 36.4 Å². The van der Waals surface area contributed by atoms with E-state index in [0.29, 0.717) is 22.2 Å². The monoisotopic (exact) mass is 323 g/mol. The second-order valence-corrected chi connectivity index (χ2v) is 5.06. The van der Waals surface area contributed by atoms with Gasteiger partial charge in [0.1, 0.15) is 12.1 Å². The summed E-state index contributed by atoms with van der Waals surface area (Å²) in [6.45, 7) is -0.270. The number of carbonyl (C=O) groups excluding carboxylic acids is 2. The molecule has 0 spiro atoms. The van der Waals surface area contributed by atoms with Gasteiger partial charge in [-0.1, -0.05) is 17.3 Å². The van der Waals surface area contributed by atoms with E-state index in [-0.39, 0.29) is 12.1 Å². The van der Waals surface area contributed by atoms with E-state index in [0.717, 1.165) is 4.68 Å². The molecular weight excluding hydrogens is 310 g/mol. The molecule has 8 nitrogen and oxygen atoms in total. The molecule has 0 saturated heterocycles. The number of anilines is 1. The predicted molar refractivity (Wildman–Crippen MR) is 87.4 cm³/mol. The molecule has 0 bridgehead atoms. The SMILES string of the molecule is NC(=O)c1ccc(NC(=O)Cn2nnc3ccccc3c2=O)cc1. The third-order valence-electron chi connectivity index (χ3n) is 3.38. The lowest BCUT2D eigenvalue weighted by Gasteiger charge is -2.07. The van der Waals surface area contributed by atoms with E-state index < -0.39 is 11.8 Å². The summed E-state index contributed by atoms with van der Waals surface area (Å²) in [5, 5.41) is 10.7. The molecular formula is C16H13N5O3. The summed E-state index contributed by atoms with van der Waals surface area (Å²) < 4.78 is 0.995. The molecule has 0 fully saturated rings. The quantitative estimate of drug-likeness (QED) is 0.725. The van der Waals surface area contributed by atoms with Gasteiger partial charge in [0.25, 0.3) is 5.56 Å². The largest absolute Gasteiger partial charge is 0.366 e. The number of benzene rings is 2. The van der Waals surface area contributed by atoms with Gasteiger partial charge in [0.15, 0.2) is 0 Å². The smallest absolute Gasteiger partial charge is 0.278 e. The third kappa shape index (κ3) is 3.12. The van der Waals surface area contributed by atoms with Gasteiger partial charge in [-0.3, -0.25) is 14.4 Å². The third-order valence-corrected chi connectivity index (χ3v) is 3.38. The molecule has 2 amide bonds. The van der Waals surface area contributed by atoms with E-state index in [2.05, 4.69) is 15.6 Å². The van der Waals surface area contributed by atoms with Crippen molar-refractivity contribution in [1.29, 1.82) is 0 Å². The van der Waals surface area contributed by atoms with Crippen LogP contribution in [0.15, 0.2) is 53.3 Å². The first kappa shape index (κ1) is 15.3. The standard InChI is InChI=1S/C16H13N5O3/c17-15(23)10-5-7-11(8-6-10)18-14(22)9-21-16(24)12-3-1-2-4-13(12)19-20-21/h1-8H,9H2,(H2,17,23)(H,18,22). The van der Waals surface area contributed by atoms with Gasteiger partial charge in [0, 0.05) is 11.3 Å². The van der Waals surface area contributed by atoms with Crippen LogP contribution >= 0.6 is 0 Å². The molecule has 24 heavy (non-hydrogen) atoms. The normalized spacial score (nSPS) is 10.5. The highest BCUT2D eigenvalue weighted by Gasteiger charge is 2.10. The Hall–Kier alpha value is -3.55. The Morgan fingerprint density at radius 1 is 1.08 bits per heavy atom. The number of nitrogens with one attached hydrogen (secondary N) is 1. The van der Waals surface area contributed by atoms with Crippen molar-refractivity contribution in [3.8, 4) is 0 Å². The van der Waals surface area contributed by atoms with Crippen LogP contribution in [0.3, 0.4) is 0 Å². The topological polar surface area (TPSA) is 120 Å². The van der Waals surface area contributed by atoms with Crippen molar-refractivity contribution < 1.29 is 9.59 Å². The minimum Gasteiger partial charge on any atom is -0.366 e. The van der Waals surface area contributed by atoms with Gasteiger partial charge in [0.05, 0.1) is 5.39 Å². The highest BCUT2D eigenvalue weighted by Crippen LogP contribution is 2.09. The molecule has 2 aromatic carbocycles. The summed E-state index contributed by atoms with van der Waals surface area (Å²) >= 11 is 0. The molecule has 8 heteroatoms. The first-order valence-corrected chi connectivity index (χ1v) is 7.07. The lowest BCUT2D eigenvalue weighted by atomic mass is 10.2. The number of amides is 2. The van der Waals surface area contributed by atoms with Gasteiger partial charge in [-0.2, -0.15) is 0 Å². The molecule has 0 atom stereocenters. The highest BCUT2D eigenvalue weighted by atomic mass is 16.2. The molecule has 1 heterocycles. The Bertz CT molecular complexity index is 979. The summed E-state index contributed by atoms with van der Waals surface area (Å²) in [5.74, 6) is -0.987. The zero-order chi connectivity index (χ0) is 17.1. The molecule has 0 aliphatic heterocycles. The summed E-state index contributed by atoms with van der Waals surface area (Å²) in [5.41, 5.74) is 6.05. The lowest BCUT2D eigenvalue weighted by molar-refractivity contribution is -0.117. The van der Waals surface area contributed by atoms with Crippen LogP contribution in [0.1, 0.15) is 10.4 Å². The maximum absolute atomic E-state index is 12.3. The minimum atomic E-state index is -0.550. The average Bonchev–Trinajstić information content (AvgIpc) is 2.58. The van der Waals surface area contributed by atoms with E-state index in [1.165, 1.54) is 12.1 Å². The number of primary amides is 1. The fraction of sp³-hybridized carbons (Fsp3) is 0.0625. The van der Waals surface area contributed by atoms with Crippen LogP contribution in [0.5, 0.6) is 0 Å². The number of hydrogen-bond donors (Lipinski definition) is 2. The molecule has 3 aromatic rings. The number of rotatable bonds is 4. The van der Waals surface area contributed by atoms with Crippen molar-refractivity contribution in [3.63, 3.8) is 0 Å². The first-order chi connectivity index (χ1) is 11.5. The summed E-state index contributed by atoms with van der Waals surface area (Å²) in [6, 6.07) is 12.9. The van der Waals surface area contributed by atoms with E-state index in [1.807, 2.05) is 0 Å². The number of nitrogens with two attached hydrogens (primary N) is 1. The van der Waals surface area contributed by atoms with Crippen molar-refractivity contribution in [1.82, 2.24) is 15.0 Å². The Morgan fingerprint density at radius 2 is 1.79 bits per heavy atom. The van der Waals surface area contributed by atoms with Crippen LogP contribution in [-0.4, -0.2) is 26.8 Å². The zero-order valence-corrected chi connectivity index (χ0v) is 12.5. The Morgan fingerprint density at radius 3 is 2.50 bits per heavy atom. The Labute approximate surface area is 135 Å². The molecule has 0 saturated carbocycles. The van der Waals surface area contributed by atoms with Crippen molar-refractivity contribution in [2.75, 3.05) is 5.32 Å². The fourth-order valence-electron chi connectivity index (χ4n) is 2.18. The number of hydrogen-bond acceptors (Lipinski definition) is 5. The summed E-state index contributed by atoms with van der Waals surface area (Å²) in [7, 11) is 0. The summed E-state index contributed by atoms with van der Waals surface area (Å²) in [6.07, 6.45) is 0. The number of fused-ring (bicyclic) bond motifs is 1. The van der Waals surface area contributed by atoms with Crippen molar-refractivity contribution in [2.24, 2.45) is 5.73 Å². The second-order valence-electron chi connectivity index (χ2n) is 5.06. The molecule has 0 aliphatic carbocycles. The van der Waals surface area contributed by atoms with Crippen LogP contribution < -0.4 is 16.6 Å². The molecule has 1 aromatic heterocycles. The van der Waals surface area contributed by atoms with E-state index in [9.17, 15) is 14.4 Å². The van der Waals surface area contributed by atoms with Crippen molar-refractivity contribution >= 4 is 28.4 Å². The molecule has 3 N–H and O–H groups in total. The summed E-state index contributed by atoms with van der Waals surface area (Å²) in [4.78, 5) is 35.3. The van der Waals surface area contributed by atoms with Crippen LogP contribution in [-0.2, 0) is 11.3 Å². The maximum Gasteiger partial charge on any atom is 0.278 e. The van der Waals surface area contributed by atoms with Gasteiger partial charge < -0.3 is 11.1 Å². The Kier molecular flexibility index (Phi) is 4.02. The van der Waals surface area contributed by atoms with Crippen molar-refractivity contribution in [3.05, 3.63) is 64.4 Å². The predicted octanol–water partition coefficient (Wildman–Crippen LogP) is 0.529. The van der Waals surface area contributed by atoms with Crippen LogP contribution in [0.2, 0.25) is 0 Å². The zero-order valence-electron chi connectivity index (χ0n) is 12.5. The maximum atomic E-state index is 12.3. The minimum absolute atomic E-state index is 0.270. The lowest BCUT2D eigenvalue weighted by Crippen LogP contribution is -2.30. The molecule has 3 rings (SSSR count). The second kappa shape index (κ2) is 6.29. The van der Waals surface area contributed by atoms with Gasteiger partial charge in [0.2, 0.25) is 11.8 Å².